The second-order valence-corrected chi connectivity index (χ2v) is 5.28. The minimum absolute atomic E-state index is 0.0900. The number of nitrogens with one attached hydrogen (secondary N) is 1. The van der Waals surface area contributed by atoms with Crippen LogP contribution in [-0.2, 0) is 4.74 Å². The number of likely N-dealkylation sites (N-methyl/N-ethyl adjacent to an activating group) is 1. The average Bonchev–Trinajstić information content (AvgIpc) is 2.93. The van der Waals surface area contributed by atoms with Crippen LogP contribution < -0.4 is 5.32 Å². The van der Waals surface area contributed by atoms with Crippen molar-refractivity contribution in [1.82, 2.24) is 4.90 Å². The minimum Gasteiger partial charge on any atom is -0.478 e. The molecule has 2 rings (SSSR count). The molecule has 0 saturated carbocycles. The van der Waals surface area contributed by atoms with Crippen LogP contribution in [0.25, 0.3) is 0 Å². The number of aromatic carboxylic acids is 1. The van der Waals surface area contributed by atoms with Gasteiger partial charge in [-0.2, -0.15) is 0 Å². The maximum atomic E-state index is 12.1. The summed E-state index contributed by atoms with van der Waals surface area (Å²) in [6, 6.07) is 4.40. The highest BCUT2D eigenvalue weighted by atomic mass is 16.5. The van der Waals surface area contributed by atoms with Crippen molar-refractivity contribution in [2.45, 2.75) is 25.9 Å². The van der Waals surface area contributed by atoms with Gasteiger partial charge in [-0.1, -0.05) is 6.07 Å². The normalized spacial score (nSPS) is 17.5. The van der Waals surface area contributed by atoms with E-state index in [9.17, 15) is 9.59 Å². The van der Waals surface area contributed by atoms with Crippen molar-refractivity contribution in [3.8, 4) is 0 Å². The summed E-state index contributed by atoms with van der Waals surface area (Å²) < 4.78 is 5.50. The third kappa shape index (κ3) is 3.95. The van der Waals surface area contributed by atoms with E-state index in [0.717, 1.165) is 25.0 Å². The molecule has 6 nitrogen and oxygen atoms in total. The molecule has 1 aromatic rings. The SMILES string of the molecule is Cc1ccc(C(=O)O)cc1NC(=O)N(C)CC1CCCO1. The highest BCUT2D eigenvalue weighted by Gasteiger charge is 2.20. The lowest BCUT2D eigenvalue weighted by atomic mass is 10.1. The van der Waals surface area contributed by atoms with Gasteiger partial charge >= 0.3 is 12.0 Å². The van der Waals surface area contributed by atoms with Crippen molar-refractivity contribution in [3.63, 3.8) is 0 Å². The van der Waals surface area contributed by atoms with Gasteiger partial charge in [0.05, 0.1) is 11.7 Å². The number of anilines is 1. The number of carbonyl (C=O) groups excluding carboxylic acids is 1. The molecule has 114 valence electrons. The zero-order valence-electron chi connectivity index (χ0n) is 12.3. The molecule has 0 bridgehead atoms. The van der Waals surface area contributed by atoms with Crippen LogP contribution in [0.2, 0.25) is 0 Å². The molecule has 0 aliphatic carbocycles. The molecule has 0 aromatic heterocycles. The number of hydrogen-bond donors (Lipinski definition) is 2. The van der Waals surface area contributed by atoms with E-state index in [0.29, 0.717) is 12.2 Å². The molecule has 1 aliphatic heterocycles. The predicted octanol–water partition coefficient (Wildman–Crippen LogP) is 2.34. The Morgan fingerprint density at radius 1 is 1.48 bits per heavy atom. The van der Waals surface area contributed by atoms with Gasteiger partial charge in [0.1, 0.15) is 0 Å². The smallest absolute Gasteiger partial charge is 0.335 e. The van der Waals surface area contributed by atoms with Gasteiger partial charge in [0.2, 0.25) is 0 Å². The van der Waals surface area contributed by atoms with Gasteiger partial charge in [-0.3, -0.25) is 0 Å². The van der Waals surface area contributed by atoms with Crippen molar-refractivity contribution in [3.05, 3.63) is 29.3 Å². The Labute approximate surface area is 123 Å². The van der Waals surface area contributed by atoms with Crippen molar-refractivity contribution in [2.75, 3.05) is 25.5 Å². The second kappa shape index (κ2) is 6.58. The predicted molar refractivity (Wildman–Crippen MR) is 78.8 cm³/mol. The fourth-order valence-electron chi connectivity index (χ4n) is 2.28. The summed E-state index contributed by atoms with van der Waals surface area (Å²) in [4.78, 5) is 24.7. The van der Waals surface area contributed by atoms with Gasteiger partial charge < -0.3 is 20.1 Å². The quantitative estimate of drug-likeness (QED) is 0.892. The largest absolute Gasteiger partial charge is 0.478 e. The Morgan fingerprint density at radius 2 is 2.24 bits per heavy atom. The number of carboxylic acids is 1. The van der Waals surface area contributed by atoms with Crippen LogP contribution >= 0.6 is 0 Å². The Kier molecular flexibility index (Phi) is 4.80. The van der Waals surface area contributed by atoms with E-state index in [2.05, 4.69) is 5.32 Å². The highest BCUT2D eigenvalue weighted by Crippen LogP contribution is 2.18. The third-order valence-corrected chi connectivity index (χ3v) is 3.57. The van der Waals surface area contributed by atoms with E-state index < -0.39 is 5.97 Å². The molecule has 1 fully saturated rings. The van der Waals surface area contributed by atoms with E-state index in [1.807, 2.05) is 6.92 Å². The second-order valence-electron chi connectivity index (χ2n) is 5.28. The lowest BCUT2D eigenvalue weighted by Crippen LogP contribution is -2.37. The van der Waals surface area contributed by atoms with Crippen LogP contribution in [0.1, 0.15) is 28.8 Å². The monoisotopic (exact) mass is 292 g/mol. The fourth-order valence-corrected chi connectivity index (χ4v) is 2.28. The summed E-state index contributed by atoms with van der Waals surface area (Å²) in [5.74, 6) is -1.02. The fraction of sp³-hybridized carbons (Fsp3) is 0.467. The number of carboxylic acid groups (broad SMARTS) is 1. The average molecular weight is 292 g/mol. The lowest BCUT2D eigenvalue weighted by Gasteiger charge is -2.21. The lowest BCUT2D eigenvalue weighted by molar-refractivity contribution is 0.0697. The van der Waals surface area contributed by atoms with Crippen LogP contribution in [0.15, 0.2) is 18.2 Å². The molecule has 1 atom stereocenters. The summed E-state index contributed by atoms with van der Waals surface area (Å²) in [5.41, 5.74) is 1.48. The molecule has 1 aliphatic rings. The number of carbonyl (C=O) groups is 2. The molecule has 1 saturated heterocycles. The first-order chi connectivity index (χ1) is 9.97. The molecule has 1 unspecified atom stereocenters. The van der Waals surface area contributed by atoms with Gasteiger partial charge in [-0.05, 0) is 37.5 Å². The number of hydrogen-bond acceptors (Lipinski definition) is 3. The zero-order chi connectivity index (χ0) is 15.4. The van der Waals surface area contributed by atoms with Crippen LogP contribution in [0.4, 0.5) is 10.5 Å². The molecule has 2 amide bonds. The van der Waals surface area contributed by atoms with Crippen LogP contribution in [-0.4, -0.2) is 48.3 Å². The summed E-state index contributed by atoms with van der Waals surface area (Å²) in [6.45, 7) is 3.10. The molecular weight excluding hydrogens is 272 g/mol. The summed E-state index contributed by atoms with van der Waals surface area (Å²) in [7, 11) is 1.70. The molecule has 2 N–H and O–H groups in total. The van der Waals surface area contributed by atoms with Crippen LogP contribution in [0.3, 0.4) is 0 Å². The Morgan fingerprint density at radius 3 is 2.86 bits per heavy atom. The zero-order valence-corrected chi connectivity index (χ0v) is 12.3. The van der Waals surface area contributed by atoms with Crippen LogP contribution in [0, 0.1) is 6.92 Å². The summed E-state index contributed by atoms with van der Waals surface area (Å²) in [5, 5.41) is 11.7. The molecule has 1 heterocycles. The standard InChI is InChI=1S/C15H20N2O4/c1-10-5-6-11(14(18)19)8-13(10)16-15(20)17(2)9-12-4-3-7-21-12/h5-6,8,12H,3-4,7,9H2,1-2H3,(H,16,20)(H,18,19). The number of aryl methyl sites for hydroxylation is 1. The van der Waals surface area contributed by atoms with Gasteiger partial charge in [-0.25, -0.2) is 9.59 Å². The number of amides is 2. The van der Waals surface area contributed by atoms with Crippen LogP contribution in [0.5, 0.6) is 0 Å². The topological polar surface area (TPSA) is 78.9 Å². The van der Waals surface area contributed by atoms with E-state index in [1.165, 1.54) is 12.1 Å². The number of urea groups is 1. The van der Waals surface area contributed by atoms with E-state index >= 15 is 0 Å². The number of rotatable bonds is 4. The molecule has 6 heteroatoms. The molecule has 0 spiro atoms. The maximum Gasteiger partial charge on any atom is 0.335 e. The summed E-state index contributed by atoms with van der Waals surface area (Å²) in [6.07, 6.45) is 2.08. The Bertz CT molecular complexity index is 538. The van der Waals surface area contributed by atoms with Crippen molar-refractivity contribution < 1.29 is 19.4 Å². The third-order valence-electron chi connectivity index (χ3n) is 3.57. The molecule has 1 aromatic carbocycles. The first-order valence-electron chi connectivity index (χ1n) is 6.95. The van der Waals surface area contributed by atoms with E-state index in [1.54, 1.807) is 18.0 Å². The molecular formula is C15H20N2O4. The Hall–Kier alpha value is -2.08. The maximum absolute atomic E-state index is 12.1. The van der Waals surface area contributed by atoms with Gasteiger partial charge in [0.15, 0.2) is 0 Å². The van der Waals surface area contributed by atoms with Gasteiger partial charge in [0.25, 0.3) is 0 Å². The van der Waals surface area contributed by atoms with Crippen molar-refractivity contribution >= 4 is 17.7 Å². The van der Waals surface area contributed by atoms with Crippen molar-refractivity contribution in [2.24, 2.45) is 0 Å². The van der Waals surface area contributed by atoms with Gasteiger partial charge in [0, 0.05) is 25.9 Å². The molecule has 0 radical (unpaired) electrons. The summed E-state index contributed by atoms with van der Waals surface area (Å²) >= 11 is 0. The number of ether oxygens (including phenoxy) is 1. The Balaban J connectivity index is 2.01. The van der Waals surface area contributed by atoms with E-state index in [4.69, 9.17) is 9.84 Å². The molecule has 21 heavy (non-hydrogen) atoms. The first-order valence-corrected chi connectivity index (χ1v) is 6.95. The van der Waals surface area contributed by atoms with Crippen molar-refractivity contribution in [1.29, 1.82) is 0 Å². The van der Waals surface area contributed by atoms with E-state index in [-0.39, 0.29) is 17.7 Å². The number of benzene rings is 1. The number of nitrogens with zero attached hydrogens (tertiary/aromatic N) is 1. The van der Waals surface area contributed by atoms with Gasteiger partial charge in [-0.15, -0.1) is 0 Å². The highest BCUT2D eigenvalue weighted by molar-refractivity contribution is 5.93. The first kappa shape index (κ1) is 15.3. The minimum atomic E-state index is -1.02.